The quantitative estimate of drug-likeness (QED) is 0.687. The Morgan fingerprint density at radius 3 is 2.12 bits per heavy atom. The highest BCUT2D eigenvalue weighted by Crippen LogP contribution is 2.23. The number of para-hydroxylation sites is 1. The predicted octanol–water partition coefficient (Wildman–Crippen LogP) is 2.24. The van der Waals surface area contributed by atoms with Crippen LogP contribution in [0.5, 0.6) is 0 Å². The molecule has 2 amide bonds. The zero-order chi connectivity index (χ0) is 17.4. The molecule has 2 aromatic carbocycles. The monoisotopic (exact) mass is 333 g/mol. The highest BCUT2D eigenvalue weighted by atomic mass is 16.7. The molecule has 0 spiro atoms. The summed E-state index contributed by atoms with van der Waals surface area (Å²) in [6.45, 7) is 0. The number of imide groups is 1. The summed E-state index contributed by atoms with van der Waals surface area (Å²) in [7, 11) is 0. The Labute approximate surface area is 142 Å². The van der Waals surface area contributed by atoms with Gasteiger partial charge in [0.25, 0.3) is 11.8 Å². The summed E-state index contributed by atoms with van der Waals surface area (Å²) < 4.78 is 1.51. The van der Waals surface area contributed by atoms with Gasteiger partial charge in [-0.05, 0) is 24.3 Å². The zero-order valence-electron chi connectivity index (χ0n) is 12.8. The number of hydrogen-bond acceptors (Lipinski definition) is 5. The molecule has 1 aliphatic heterocycles. The third-order valence-corrected chi connectivity index (χ3v) is 3.81. The Hall–Kier alpha value is -3.74. The van der Waals surface area contributed by atoms with Gasteiger partial charge in [-0.2, -0.15) is 0 Å². The van der Waals surface area contributed by atoms with E-state index in [1.165, 1.54) is 29.2 Å². The van der Waals surface area contributed by atoms with E-state index >= 15 is 0 Å². The van der Waals surface area contributed by atoms with Gasteiger partial charge in [0.15, 0.2) is 5.69 Å². The molecule has 122 valence electrons. The first kappa shape index (κ1) is 14.8. The summed E-state index contributed by atoms with van der Waals surface area (Å²) in [5, 5.41) is 0.481. The van der Waals surface area contributed by atoms with Crippen LogP contribution in [0, 0.1) is 0 Å². The molecule has 0 atom stereocenters. The fourth-order valence-electron chi connectivity index (χ4n) is 2.62. The molecule has 4 rings (SSSR count). The summed E-state index contributed by atoms with van der Waals surface area (Å²) in [6, 6.07) is 15.4. The van der Waals surface area contributed by atoms with E-state index < -0.39 is 17.8 Å². The first-order chi connectivity index (χ1) is 12.2. The van der Waals surface area contributed by atoms with Crippen molar-refractivity contribution in [3.8, 4) is 5.69 Å². The first-order valence-electron chi connectivity index (χ1n) is 7.44. The fourth-order valence-corrected chi connectivity index (χ4v) is 2.62. The van der Waals surface area contributed by atoms with Gasteiger partial charge >= 0.3 is 5.97 Å². The van der Waals surface area contributed by atoms with E-state index in [-0.39, 0.29) is 16.8 Å². The molecule has 0 N–H and O–H groups in total. The lowest BCUT2D eigenvalue weighted by atomic mass is 10.1. The number of hydroxylamine groups is 2. The maximum atomic E-state index is 12.5. The lowest BCUT2D eigenvalue weighted by Gasteiger charge is -2.13. The summed E-state index contributed by atoms with van der Waals surface area (Å²) in [5.74, 6) is -2.18. The van der Waals surface area contributed by atoms with Gasteiger partial charge in [0, 0.05) is 5.69 Å². The van der Waals surface area contributed by atoms with Crippen molar-refractivity contribution >= 4 is 17.8 Å². The average molecular weight is 333 g/mol. The number of fused-ring (bicyclic) bond motifs is 1. The molecule has 3 aromatic rings. The van der Waals surface area contributed by atoms with E-state index in [9.17, 15) is 14.4 Å². The highest BCUT2D eigenvalue weighted by Gasteiger charge is 2.39. The van der Waals surface area contributed by atoms with Gasteiger partial charge in [-0.15, -0.1) is 0 Å². The Morgan fingerprint density at radius 1 is 0.880 bits per heavy atom. The van der Waals surface area contributed by atoms with Crippen LogP contribution >= 0.6 is 0 Å². The number of rotatable bonds is 3. The van der Waals surface area contributed by atoms with E-state index in [4.69, 9.17) is 4.84 Å². The molecule has 0 saturated heterocycles. The Morgan fingerprint density at radius 2 is 1.48 bits per heavy atom. The zero-order valence-corrected chi connectivity index (χ0v) is 12.8. The van der Waals surface area contributed by atoms with Crippen LogP contribution in [0.4, 0.5) is 0 Å². The lowest BCUT2D eigenvalue weighted by molar-refractivity contribution is -0.0589. The van der Waals surface area contributed by atoms with Crippen molar-refractivity contribution in [2.45, 2.75) is 0 Å². The molecular weight excluding hydrogens is 322 g/mol. The molecule has 0 radical (unpaired) electrons. The maximum Gasteiger partial charge on any atom is 0.382 e. The fraction of sp³-hybridized carbons (Fsp3) is 0. The summed E-state index contributed by atoms with van der Waals surface area (Å²) in [4.78, 5) is 46.0. The average Bonchev–Trinajstić information content (AvgIpc) is 3.23. The minimum Gasteiger partial charge on any atom is -0.323 e. The molecule has 0 unspecified atom stereocenters. The molecule has 1 aliphatic rings. The standard InChI is InChI=1S/C18H11N3O4/c22-16-13-8-4-5-9-14(13)17(23)21(16)25-18(24)15-10-19-11-20(15)12-6-2-1-3-7-12/h1-11H. The minimum absolute atomic E-state index is 0.0998. The number of benzene rings is 2. The van der Waals surface area contributed by atoms with E-state index in [1.807, 2.05) is 18.2 Å². The molecule has 25 heavy (non-hydrogen) atoms. The van der Waals surface area contributed by atoms with Crippen molar-refractivity contribution in [3.05, 3.63) is 83.9 Å². The normalized spacial score (nSPS) is 13.0. The molecule has 0 bridgehead atoms. The largest absolute Gasteiger partial charge is 0.382 e. The Bertz CT molecular complexity index is 959. The molecule has 7 nitrogen and oxygen atoms in total. The van der Waals surface area contributed by atoms with Crippen LogP contribution in [0.3, 0.4) is 0 Å². The van der Waals surface area contributed by atoms with Gasteiger partial charge in [-0.25, -0.2) is 9.78 Å². The van der Waals surface area contributed by atoms with Gasteiger partial charge in [0.1, 0.15) is 0 Å². The summed E-state index contributed by atoms with van der Waals surface area (Å²) >= 11 is 0. The summed E-state index contributed by atoms with van der Waals surface area (Å²) in [6.07, 6.45) is 2.77. The van der Waals surface area contributed by atoms with Crippen LogP contribution < -0.4 is 0 Å². The van der Waals surface area contributed by atoms with Gasteiger partial charge in [0.2, 0.25) is 0 Å². The molecule has 0 fully saturated rings. The molecule has 0 aliphatic carbocycles. The van der Waals surface area contributed by atoms with E-state index in [2.05, 4.69) is 4.98 Å². The number of carbonyl (C=O) groups is 3. The van der Waals surface area contributed by atoms with Gasteiger partial charge in [0.05, 0.1) is 23.7 Å². The maximum absolute atomic E-state index is 12.5. The van der Waals surface area contributed by atoms with Crippen LogP contribution in [0.1, 0.15) is 31.2 Å². The van der Waals surface area contributed by atoms with E-state index in [0.29, 0.717) is 10.8 Å². The number of carbonyl (C=O) groups excluding carboxylic acids is 3. The number of aromatic nitrogens is 2. The van der Waals surface area contributed by atoms with Gasteiger partial charge < -0.3 is 4.84 Å². The molecule has 7 heteroatoms. The summed E-state index contributed by atoms with van der Waals surface area (Å²) in [5.41, 5.74) is 1.21. The van der Waals surface area contributed by atoms with E-state index in [1.54, 1.807) is 24.3 Å². The molecule has 2 heterocycles. The highest BCUT2D eigenvalue weighted by molar-refractivity contribution is 6.21. The van der Waals surface area contributed by atoms with Crippen molar-refractivity contribution in [1.82, 2.24) is 14.6 Å². The molecule has 1 aromatic heterocycles. The van der Waals surface area contributed by atoms with Crippen LogP contribution in [0.2, 0.25) is 0 Å². The van der Waals surface area contributed by atoms with Crippen molar-refractivity contribution in [2.75, 3.05) is 0 Å². The van der Waals surface area contributed by atoms with Crippen LogP contribution in [0.25, 0.3) is 5.69 Å². The predicted molar refractivity (Wildman–Crippen MR) is 85.9 cm³/mol. The molecular formula is C18H11N3O4. The lowest BCUT2D eigenvalue weighted by Crippen LogP contribution is -2.33. The van der Waals surface area contributed by atoms with Crippen LogP contribution in [-0.4, -0.2) is 32.4 Å². The second-order valence-electron chi connectivity index (χ2n) is 5.31. The van der Waals surface area contributed by atoms with Gasteiger partial charge in [-0.3, -0.25) is 14.2 Å². The third kappa shape index (κ3) is 2.38. The number of nitrogens with zero attached hydrogens (tertiary/aromatic N) is 3. The van der Waals surface area contributed by atoms with Crippen molar-refractivity contribution < 1.29 is 19.2 Å². The SMILES string of the molecule is O=C(ON1C(=O)c2ccccc2C1=O)c1cncn1-c1ccccc1. The topological polar surface area (TPSA) is 81.5 Å². The number of hydrogen-bond donors (Lipinski definition) is 0. The third-order valence-electron chi connectivity index (χ3n) is 3.81. The van der Waals surface area contributed by atoms with Crippen LogP contribution in [-0.2, 0) is 4.84 Å². The first-order valence-corrected chi connectivity index (χ1v) is 7.44. The van der Waals surface area contributed by atoms with Crippen molar-refractivity contribution in [2.24, 2.45) is 0 Å². The second kappa shape index (κ2) is 5.72. The van der Waals surface area contributed by atoms with Crippen molar-refractivity contribution in [1.29, 1.82) is 0 Å². The second-order valence-corrected chi connectivity index (χ2v) is 5.31. The van der Waals surface area contributed by atoms with Crippen LogP contribution in [0.15, 0.2) is 67.1 Å². The van der Waals surface area contributed by atoms with Crippen molar-refractivity contribution in [3.63, 3.8) is 0 Å². The molecule has 0 saturated carbocycles. The Kier molecular flexibility index (Phi) is 3.39. The van der Waals surface area contributed by atoms with E-state index in [0.717, 1.165) is 0 Å². The number of imidazole rings is 1. The smallest absolute Gasteiger partial charge is 0.323 e. The minimum atomic E-state index is -0.851. The number of amides is 2. The van der Waals surface area contributed by atoms with Gasteiger partial charge in [-0.1, -0.05) is 35.4 Å². The Balaban J connectivity index is 1.62.